The fraction of sp³-hybridized carbons (Fsp3) is 0.560. The van der Waals surface area contributed by atoms with Crippen LogP contribution in [-0.4, -0.2) is 67.2 Å². The molecule has 12 heteroatoms. The predicted octanol–water partition coefficient (Wildman–Crippen LogP) is 3.16. The Morgan fingerprint density at radius 2 is 1.92 bits per heavy atom. The zero-order valence-electron chi connectivity index (χ0n) is 20.9. The van der Waals surface area contributed by atoms with Gasteiger partial charge in [0, 0.05) is 37.7 Å². The van der Waals surface area contributed by atoms with Crippen LogP contribution in [0, 0.1) is 4.91 Å². The average molecular weight is 512 g/mol. The summed E-state index contributed by atoms with van der Waals surface area (Å²) in [6.45, 7) is 2.79. The summed E-state index contributed by atoms with van der Waals surface area (Å²) in [7, 11) is 1.64. The Hall–Kier alpha value is -3.51. The third-order valence-corrected chi connectivity index (χ3v) is 7.32. The van der Waals surface area contributed by atoms with E-state index < -0.39 is 11.7 Å². The highest BCUT2D eigenvalue weighted by Gasteiger charge is 2.40. The molecule has 0 bridgehead atoms. The lowest BCUT2D eigenvalue weighted by molar-refractivity contribution is -0.169. The molecule has 12 nitrogen and oxygen atoms in total. The number of carbonyl (C=O) groups is 1. The van der Waals surface area contributed by atoms with Crippen LogP contribution in [0.3, 0.4) is 0 Å². The van der Waals surface area contributed by atoms with Gasteiger partial charge in [-0.15, -0.1) is 0 Å². The Kier molecular flexibility index (Phi) is 7.38. The third kappa shape index (κ3) is 5.59. The number of carbonyl (C=O) groups excluding carboxylic acids is 1. The van der Waals surface area contributed by atoms with Gasteiger partial charge < -0.3 is 35.5 Å². The molecule has 2 aromatic rings. The van der Waals surface area contributed by atoms with Crippen LogP contribution in [0.2, 0.25) is 0 Å². The zero-order valence-corrected chi connectivity index (χ0v) is 20.9. The smallest absolute Gasteiger partial charge is 0.271 e. The summed E-state index contributed by atoms with van der Waals surface area (Å²) < 4.78 is 17.4. The summed E-state index contributed by atoms with van der Waals surface area (Å²) in [6, 6.07) is 5.74. The maximum atomic E-state index is 12.1. The SMILES string of the molecule is COc1ccc(Nc2nc(N[C@H]3CC[C@H](N=O)CC3)cnc2C(N)=O)cc1N1CCC2(CC1)OCCO2. The van der Waals surface area contributed by atoms with Gasteiger partial charge >= 0.3 is 0 Å². The highest BCUT2D eigenvalue weighted by molar-refractivity contribution is 5.96. The number of nitrogens with one attached hydrogen (secondary N) is 2. The molecular weight excluding hydrogens is 478 g/mol. The number of hydrogen-bond donors (Lipinski definition) is 3. The van der Waals surface area contributed by atoms with Gasteiger partial charge in [-0.3, -0.25) is 4.79 Å². The number of aromatic nitrogens is 2. The second-order valence-electron chi connectivity index (χ2n) is 9.68. The fourth-order valence-corrected chi connectivity index (χ4v) is 5.29. The van der Waals surface area contributed by atoms with E-state index in [1.54, 1.807) is 7.11 Å². The molecule has 198 valence electrons. The Labute approximate surface area is 215 Å². The van der Waals surface area contributed by atoms with Crippen LogP contribution in [0.1, 0.15) is 49.0 Å². The number of nitroso groups, excluding NO2 is 1. The lowest BCUT2D eigenvalue weighted by Crippen LogP contribution is -2.45. The normalized spacial score (nSPS) is 23.0. The van der Waals surface area contributed by atoms with Crippen molar-refractivity contribution in [2.75, 3.05) is 48.9 Å². The monoisotopic (exact) mass is 511 g/mol. The maximum absolute atomic E-state index is 12.1. The number of rotatable bonds is 8. The van der Waals surface area contributed by atoms with Crippen LogP contribution in [-0.2, 0) is 9.47 Å². The standard InChI is InChI=1S/C25H33N7O5/c1-35-20-7-6-18(14-19(20)32-10-8-25(9-11-32)36-12-13-37-25)29-24-22(23(26)33)27-15-21(30-24)28-16-2-4-17(31-34)5-3-16/h6-7,14-17H,2-5,8-13H2,1H3,(H2,26,33)(H2,28,29,30)/t16-,17-. The highest BCUT2D eigenvalue weighted by Crippen LogP contribution is 2.38. The van der Waals surface area contributed by atoms with Crippen molar-refractivity contribution in [3.63, 3.8) is 0 Å². The van der Waals surface area contributed by atoms with Crippen molar-refractivity contribution in [1.29, 1.82) is 0 Å². The van der Waals surface area contributed by atoms with Crippen molar-refractivity contribution < 1.29 is 19.0 Å². The van der Waals surface area contributed by atoms with Gasteiger partial charge in [0.15, 0.2) is 17.3 Å². The Morgan fingerprint density at radius 1 is 1.19 bits per heavy atom. The minimum absolute atomic E-state index is 0.0484. The summed E-state index contributed by atoms with van der Waals surface area (Å²) in [4.78, 5) is 34.0. The first kappa shape index (κ1) is 25.2. The molecule has 0 atom stereocenters. The topological polar surface area (TPSA) is 153 Å². The summed E-state index contributed by atoms with van der Waals surface area (Å²) in [5.74, 6) is 0.392. The number of benzene rings is 1. The number of amides is 1. The van der Waals surface area contributed by atoms with Crippen molar-refractivity contribution in [3.8, 4) is 5.75 Å². The van der Waals surface area contributed by atoms with Gasteiger partial charge in [0.25, 0.3) is 5.91 Å². The van der Waals surface area contributed by atoms with E-state index in [0.717, 1.165) is 68.7 Å². The molecule has 4 N–H and O–H groups in total. The van der Waals surface area contributed by atoms with Gasteiger partial charge in [0.2, 0.25) is 0 Å². The van der Waals surface area contributed by atoms with Crippen molar-refractivity contribution >= 4 is 28.9 Å². The minimum Gasteiger partial charge on any atom is -0.495 e. The second kappa shape index (κ2) is 10.9. The number of piperidine rings is 1. The molecule has 37 heavy (non-hydrogen) atoms. The van der Waals surface area contributed by atoms with Gasteiger partial charge in [-0.05, 0) is 43.9 Å². The maximum Gasteiger partial charge on any atom is 0.271 e. The quantitative estimate of drug-likeness (QED) is 0.450. The molecule has 5 rings (SSSR count). The van der Waals surface area contributed by atoms with Crippen LogP contribution in [0.15, 0.2) is 29.6 Å². The molecule has 2 saturated heterocycles. The van der Waals surface area contributed by atoms with Crippen LogP contribution in [0.4, 0.5) is 23.0 Å². The van der Waals surface area contributed by atoms with Crippen molar-refractivity contribution in [3.05, 3.63) is 35.0 Å². The van der Waals surface area contributed by atoms with Gasteiger partial charge in [-0.1, -0.05) is 5.18 Å². The Morgan fingerprint density at radius 3 is 2.57 bits per heavy atom. The molecule has 0 unspecified atom stereocenters. The largest absolute Gasteiger partial charge is 0.495 e. The minimum atomic E-state index is -0.675. The van der Waals surface area contributed by atoms with Gasteiger partial charge in [-0.25, -0.2) is 9.97 Å². The van der Waals surface area contributed by atoms with E-state index in [1.807, 2.05) is 18.2 Å². The number of anilines is 4. The lowest BCUT2D eigenvalue weighted by atomic mass is 9.92. The molecule has 1 aliphatic carbocycles. The number of primary amides is 1. The Balaban J connectivity index is 1.33. The van der Waals surface area contributed by atoms with Crippen molar-refractivity contribution in [2.24, 2.45) is 10.9 Å². The summed E-state index contributed by atoms with van der Waals surface area (Å²) in [5.41, 5.74) is 7.28. The Bertz CT molecular complexity index is 1120. The molecular formula is C25H33N7O5. The summed E-state index contributed by atoms with van der Waals surface area (Å²) in [6.07, 6.45) is 6.15. The summed E-state index contributed by atoms with van der Waals surface area (Å²) >= 11 is 0. The molecule has 1 amide bonds. The first-order valence-electron chi connectivity index (χ1n) is 12.7. The van der Waals surface area contributed by atoms with E-state index in [9.17, 15) is 9.70 Å². The highest BCUT2D eigenvalue weighted by atomic mass is 16.7. The van der Waals surface area contributed by atoms with Crippen molar-refractivity contribution in [2.45, 2.75) is 56.4 Å². The number of ether oxygens (including phenoxy) is 3. The van der Waals surface area contributed by atoms with E-state index in [-0.39, 0.29) is 23.6 Å². The van der Waals surface area contributed by atoms with E-state index in [1.165, 1.54) is 6.20 Å². The van der Waals surface area contributed by atoms with E-state index in [2.05, 4.69) is 30.7 Å². The van der Waals surface area contributed by atoms with Crippen molar-refractivity contribution in [1.82, 2.24) is 9.97 Å². The van der Waals surface area contributed by atoms with Gasteiger partial charge in [0.05, 0.1) is 38.2 Å². The first-order chi connectivity index (χ1) is 18.0. The molecule has 3 heterocycles. The third-order valence-electron chi connectivity index (χ3n) is 7.32. The number of hydrogen-bond acceptors (Lipinski definition) is 11. The zero-order chi connectivity index (χ0) is 25.8. The second-order valence-corrected chi connectivity index (χ2v) is 9.68. The molecule has 2 aliphatic heterocycles. The fourth-order valence-electron chi connectivity index (χ4n) is 5.29. The van der Waals surface area contributed by atoms with E-state index in [0.29, 0.717) is 19.0 Å². The van der Waals surface area contributed by atoms with Crippen LogP contribution in [0.5, 0.6) is 5.75 Å². The molecule has 0 radical (unpaired) electrons. The average Bonchev–Trinajstić information content (AvgIpc) is 3.37. The first-order valence-corrected chi connectivity index (χ1v) is 12.7. The van der Waals surface area contributed by atoms with Gasteiger partial charge in [0.1, 0.15) is 11.6 Å². The molecule has 1 saturated carbocycles. The van der Waals surface area contributed by atoms with Crippen LogP contribution < -0.4 is 26.0 Å². The predicted molar refractivity (Wildman–Crippen MR) is 138 cm³/mol. The van der Waals surface area contributed by atoms with Crippen LogP contribution in [0.25, 0.3) is 0 Å². The number of methoxy groups -OCH3 is 1. The molecule has 1 aromatic carbocycles. The molecule has 3 aliphatic rings. The molecule has 1 aromatic heterocycles. The number of nitrogens with two attached hydrogens (primary N) is 1. The lowest BCUT2D eigenvalue weighted by Gasteiger charge is -2.39. The molecule has 1 spiro atoms. The van der Waals surface area contributed by atoms with E-state index >= 15 is 0 Å². The van der Waals surface area contributed by atoms with E-state index in [4.69, 9.17) is 19.9 Å². The number of nitrogens with zero attached hydrogens (tertiary/aromatic N) is 4. The van der Waals surface area contributed by atoms with Gasteiger partial charge in [-0.2, -0.15) is 4.91 Å². The van der Waals surface area contributed by atoms with Crippen LogP contribution >= 0.6 is 0 Å². The molecule has 3 fully saturated rings. The summed E-state index contributed by atoms with van der Waals surface area (Å²) in [5, 5.41) is 9.75.